The molecule has 0 bridgehead atoms. The fourth-order valence-corrected chi connectivity index (χ4v) is 4.24. The molecule has 2 aromatic rings. The molecule has 0 amide bonds. The number of likely N-dealkylation sites (tertiary alicyclic amines) is 1. The van der Waals surface area contributed by atoms with Crippen LogP contribution in [0.5, 0.6) is 0 Å². The average Bonchev–Trinajstić information content (AvgIpc) is 2.68. The van der Waals surface area contributed by atoms with Gasteiger partial charge in [0.15, 0.2) is 0 Å². The SMILES string of the molecule is Cc1c(F)cccc1CN1CCC2(CC1)CC(Nc1ncccn1)CCO2. The summed E-state index contributed by atoms with van der Waals surface area (Å²) < 4.78 is 20.0. The van der Waals surface area contributed by atoms with Crippen LogP contribution in [0.4, 0.5) is 10.3 Å². The first-order valence-electron chi connectivity index (χ1n) is 9.77. The maximum Gasteiger partial charge on any atom is 0.222 e. The summed E-state index contributed by atoms with van der Waals surface area (Å²) in [6.07, 6.45) is 7.50. The Bertz CT molecular complexity index is 762. The van der Waals surface area contributed by atoms with E-state index < -0.39 is 0 Å². The Morgan fingerprint density at radius 1 is 1.22 bits per heavy atom. The van der Waals surface area contributed by atoms with Gasteiger partial charge in [0.05, 0.1) is 5.60 Å². The van der Waals surface area contributed by atoms with E-state index >= 15 is 0 Å². The number of benzene rings is 1. The molecule has 0 aliphatic carbocycles. The zero-order valence-electron chi connectivity index (χ0n) is 15.8. The molecule has 0 saturated carbocycles. The molecule has 1 aromatic heterocycles. The van der Waals surface area contributed by atoms with Gasteiger partial charge in [0.25, 0.3) is 0 Å². The highest BCUT2D eigenvalue weighted by atomic mass is 19.1. The first-order valence-corrected chi connectivity index (χ1v) is 9.77. The van der Waals surface area contributed by atoms with Crippen LogP contribution in [0.25, 0.3) is 0 Å². The van der Waals surface area contributed by atoms with E-state index in [-0.39, 0.29) is 11.4 Å². The maximum atomic E-state index is 13.8. The van der Waals surface area contributed by atoms with Crippen molar-refractivity contribution in [2.24, 2.45) is 0 Å². The lowest BCUT2D eigenvalue weighted by atomic mass is 9.82. The van der Waals surface area contributed by atoms with Gasteiger partial charge in [-0.3, -0.25) is 4.90 Å². The molecule has 2 saturated heterocycles. The highest BCUT2D eigenvalue weighted by Gasteiger charge is 2.40. The monoisotopic (exact) mass is 370 g/mol. The van der Waals surface area contributed by atoms with E-state index in [0.29, 0.717) is 12.0 Å². The Kier molecular flexibility index (Phi) is 5.36. The third-order valence-corrected chi connectivity index (χ3v) is 5.93. The Balaban J connectivity index is 1.34. The van der Waals surface area contributed by atoms with Crippen LogP contribution in [0.3, 0.4) is 0 Å². The lowest BCUT2D eigenvalue weighted by Gasteiger charge is -2.46. The minimum absolute atomic E-state index is 0.0574. The molecule has 2 aliphatic rings. The van der Waals surface area contributed by atoms with Gasteiger partial charge in [-0.25, -0.2) is 14.4 Å². The van der Waals surface area contributed by atoms with Gasteiger partial charge in [0.1, 0.15) is 5.82 Å². The molecule has 1 unspecified atom stereocenters. The van der Waals surface area contributed by atoms with Gasteiger partial charge in [-0.15, -0.1) is 0 Å². The number of rotatable bonds is 4. The molecule has 1 spiro atoms. The molecule has 0 radical (unpaired) electrons. The van der Waals surface area contributed by atoms with Crippen molar-refractivity contribution in [3.8, 4) is 0 Å². The van der Waals surface area contributed by atoms with Crippen LogP contribution in [0.1, 0.15) is 36.8 Å². The summed E-state index contributed by atoms with van der Waals surface area (Å²) >= 11 is 0. The van der Waals surface area contributed by atoms with Crippen LogP contribution in [-0.2, 0) is 11.3 Å². The molecule has 6 heteroatoms. The molecular formula is C21H27FN4O. The molecule has 27 heavy (non-hydrogen) atoms. The van der Waals surface area contributed by atoms with E-state index in [2.05, 4.69) is 20.2 Å². The van der Waals surface area contributed by atoms with Crippen LogP contribution in [0.15, 0.2) is 36.7 Å². The quantitative estimate of drug-likeness (QED) is 0.892. The number of ether oxygens (including phenoxy) is 1. The third kappa shape index (κ3) is 4.28. The Morgan fingerprint density at radius 3 is 2.78 bits per heavy atom. The van der Waals surface area contributed by atoms with Gasteiger partial charge < -0.3 is 10.1 Å². The van der Waals surface area contributed by atoms with Gasteiger partial charge in [-0.05, 0) is 55.9 Å². The molecule has 5 nitrogen and oxygen atoms in total. The van der Waals surface area contributed by atoms with Gasteiger partial charge in [0, 0.05) is 44.7 Å². The van der Waals surface area contributed by atoms with Gasteiger partial charge in [-0.2, -0.15) is 0 Å². The highest BCUT2D eigenvalue weighted by molar-refractivity contribution is 5.27. The van der Waals surface area contributed by atoms with Crippen molar-refractivity contribution in [1.29, 1.82) is 0 Å². The minimum atomic E-state index is -0.117. The average molecular weight is 370 g/mol. The summed E-state index contributed by atoms with van der Waals surface area (Å²) in [6.45, 7) is 5.39. The smallest absolute Gasteiger partial charge is 0.222 e. The predicted molar refractivity (Wildman–Crippen MR) is 103 cm³/mol. The van der Waals surface area contributed by atoms with Crippen molar-refractivity contribution in [1.82, 2.24) is 14.9 Å². The summed E-state index contributed by atoms with van der Waals surface area (Å²) in [6, 6.07) is 7.53. The molecule has 4 rings (SSSR count). The number of piperidine rings is 1. The number of aromatic nitrogens is 2. The van der Waals surface area contributed by atoms with Gasteiger partial charge in [-0.1, -0.05) is 12.1 Å². The Labute approximate surface area is 160 Å². The van der Waals surface area contributed by atoms with Crippen LogP contribution in [0.2, 0.25) is 0 Å². The zero-order chi connectivity index (χ0) is 18.7. The molecule has 2 aliphatic heterocycles. The van der Waals surface area contributed by atoms with Crippen LogP contribution in [0, 0.1) is 12.7 Å². The number of halogens is 1. The lowest BCUT2D eigenvalue weighted by Crippen LogP contribution is -2.51. The molecule has 3 heterocycles. The number of anilines is 1. The van der Waals surface area contributed by atoms with Crippen molar-refractivity contribution >= 4 is 5.95 Å². The topological polar surface area (TPSA) is 50.3 Å². The summed E-state index contributed by atoms with van der Waals surface area (Å²) in [5, 5.41) is 3.46. The second-order valence-corrected chi connectivity index (χ2v) is 7.74. The van der Waals surface area contributed by atoms with E-state index in [1.807, 2.05) is 19.1 Å². The first-order chi connectivity index (χ1) is 13.1. The van der Waals surface area contributed by atoms with Crippen molar-refractivity contribution in [2.45, 2.75) is 50.8 Å². The van der Waals surface area contributed by atoms with Crippen LogP contribution >= 0.6 is 0 Å². The second-order valence-electron chi connectivity index (χ2n) is 7.74. The second kappa shape index (κ2) is 7.90. The normalized spacial score (nSPS) is 22.7. The third-order valence-electron chi connectivity index (χ3n) is 5.93. The molecule has 144 valence electrons. The molecular weight excluding hydrogens is 343 g/mol. The number of nitrogens with zero attached hydrogens (tertiary/aromatic N) is 3. The predicted octanol–water partition coefficient (Wildman–Crippen LogP) is 3.55. The maximum absolute atomic E-state index is 13.8. The molecule has 1 aromatic carbocycles. The Morgan fingerprint density at radius 2 is 2.00 bits per heavy atom. The lowest BCUT2D eigenvalue weighted by molar-refractivity contribution is -0.115. The van der Waals surface area contributed by atoms with Crippen molar-refractivity contribution in [2.75, 3.05) is 25.0 Å². The van der Waals surface area contributed by atoms with Crippen LogP contribution < -0.4 is 5.32 Å². The fraction of sp³-hybridized carbons (Fsp3) is 0.524. The standard InChI is InChI=1S/C21H27FN4O/c1-16-17(4-2-5-19(16)22)15-26-11-7-21(8-12-26)14-18(6-13-27-21)25-20-23-9-3-10-24-20/h2-5,9-10,18H,6-8,11-15H2,1H3,(H,23,24,25). The highest BCUT2D eigenvalue weighted by Crippen LogP contribution is 2.36. The minimum Gasteiger partial charge on any atom is -0.375 e. The van der Waals surface area contributed by atoms with Gasteiger partial charge >= 0.3 is 0 Å². The number of hydrogen-bond donors (Lipinski definition) is 1. The number of nitrogens with one attached hydrogen (secondary N) is 1. The van der Waals surface area contributed by atoms with Crippen LogP contribution in [-0.4, -0.2) is 46.2 Å². The van der Waals surface area contributed by atoms with E-state index in [9.17, 15) is 4.39 Å². The summed E-state index contributed by atoms with van der Waals surface area (Å²) in [4.78, 5) is 11.0. The summed E-state index contributed by atoms with van der Waals surface area (Å²) in [5.74, 6) is 0.576. The fourth-order valence-electron chi connectivity index (χ4n) is 4.24. The van der Waals surface area contributed by atoms with Crippen molar-refractivity contribution < 1.29 is 9.13 Å². The van der Waals surface area contributed by atoms with Gasteiger partial charge in [0.2, 0.25) is 5.95 Å². The zero-order valence-corrected chi connectivity index (χ0v) is 15.8. The largest absolute Gasteiger partial charge is 0.375 e. The molecule has 1 atom stereocenters. The van der Waals surface area contributed by atoms with Crippen molar-refractivity contribution in [3.63, 3.8) is 0 Å². The number of hydrogen-bond acceptors (Lipinski definition) is 5. The van der Waals surface area contributed by atoms with E-state index in [4.69, 9.17) is 4.74 Å². The first kappa shape index (κ1) is 18.3. The summed E-state index contributed by atoms with van der Waals surface area (Å²) in [5.41, 5.74) is 1.79. The Hall–Kier alpha value is -2.05. The van der Waals surface area contributed by atoms with E-state index in [0.717, 1.165) is 63.1 Å². The van der Waals surface area contributed by atoms with E-state index in [1.54, 1.807) is 18.5 Å². The molecule has 2 fully saturated rings. The van der Waals surface area contributed by atoms with Crippen molar-refractivity contribution in [3.05, 3.63) is 53.6 Å². The van der Waals surface area contributed by atoms with E-state index in [1.165, 1.54) is 6.07 Å². The molecule has 1 N–H and O–H groups in total. The summed E-state index contributed by atoms with van der Waals surface area (Å²) in [7, 11) is 0.